The molecule has 1 aromatic rings. The van der Waals surface area contributed by atoms with Gasteiger partial charge in [0.2, 0.25) is 10.0 Å². The summed E-state index contributed by atoms with van der Waals surface area (Å²) in [6.07, 6.45) is 2.75. The van der Waals surface area contributed by atoms with Crippen LogP contribution in [0.2, 0.25) is 0 Å². The average Bonchev–Trinajstić information content (AvgIpc) is 2.64. The molecule has 0 spiro atoms. The normalized spacial score (nSPS) is 11.5. The summed E-state index contributed by atoms with van der Waals surface area (Å²) in [6.45, 7) is 4.61. The summed E-state index contributed by atoms with van der Waals surface area (Å²) < 4.78 is 26.7. The van der Waals surface area contributed by atoms with Crippen molar-refractivity contribution in [3.8, 4) is 0 Å². The molecule has 1 aromatic carbocycles. The second-order valence-corrected chi connectivity index (χ2v) is 7.48. The predicted octanol–water partition coefficient (Wildman–Crippen LogP) is 0.899. The number of amides is 2. The Hall–Kier alpha value is -2.72. The van der Waals surface area contributed by atoms with Gasteiger partial charge < -0.3 is 5.11 Å². The van der Waals surface area contributed by atoms with E-state index in [1.807, 2.05) is 19.3 Å². The van der Waals surface area contributed by atoms with Crippen LogP contribution in [-0.4, -0.2) is 48.7 Å². The Morgan fingerprint density at radius 2 is 1.56 bits per heavy atom. The molecule has 0 radical (unpaired) electrons. The van der Waals surface area contributed by atoms with Crippen LogP contribution in [-0.2, 0) is 19.6 Å². The Morgan fingerprint density at radius 3 is 2.04 bits per heavy atom. The van der Waals surface area contributed by atoms with Crippen LogP contribution in [0.15, 0.2) is 41.3 Å². The number of carboxylic acids is 1. The van der Waals surface area contributed by atoms with E-state index in [4.69, 9.17) is 5.11 Å². The molecule has 0 aromatic heterocycles. The first kappa shape index (κ1) is 22.3. The van der Waals surface area contributed by atoms with Crippen molar-refractivity contribution in [2.24, 2.45) is 0 Å². The molecule has 1 rings (SSSR count). The van der Waals surface area contributed by atoms with E-state index in [0.29, 0.717) is 32.0 Å². The lowest BCUT2D eigenvalue weighted by atomic mass is 10.2. The maximum Gasteiger partial charge on any atom is 0.328 e. The smallest absolute Gasteiger partial charge is 0.328 e. The van der Waals surface area contributed by atoms with Gasteiger partial charge in [-0.3, -0.25) is 20.4 Å². The first-order chi connectivity index (χ1) is 12.7. The highest BCUT2D eigenvalue weighted by Crippen LogP contribution is 2.17. The molecule has 0 saturated heterocycles. The molecular formula is C17H23N3O6S. The Bertz CT molecular complexity index is 796. The molecule has 0 aliphatic rings. The van der Waals surface area contributed by atoms with Gasteiger partial charge in [0.1, 0.15) is 0 Å². The van der Waals surface area contributed by atoms with E-state index < -0.39 is 27.8 Å². The van der Waals surface area contributed by atoms with Gasteiger partial charge in [-0.25, -0.2) is 13.2 Å². The molecule has 10 heteroatoms. The Kier molecular flexibility index (Phi) is 8.63. The second kappa shape index (κ2) is 10.4. The van der Waals surface area contributed by atoms with Gasteiger partial charge in [0.25, 0.3) is 11.8 Å². The average molecular weight is 397 g/mol. The molecule has 0 aliphatic heterocycles. The van der Waals surface area contributed by atoms with E-state index in [0.717, 1.165) is 6.08 Å². The van der Waals surface area contributed by atoms with Crippen molar-refractivity contribution in [1.82, 2.24) is 15.2 Å². The summed E-state index contributed by atoms with van der Waals surface area (Å²) in [5.74, 6) is -2.79. The highest BCUT2D eigenvalue weighted by Gasteiger charge is 2.23. The van der Waals surface area contributed by atoms with Gasteiger partial charge in [0.05, 0.1) is 4.90 Å². The van der Waals surface area contributed by atoms with E-state index >= 15 is 0 Å². The van der Waals surface area contributed by atoms with E-state index in [1.54, 1.807) is 0 Å². The molecule has 9 nitrogen and oxygen atoms in total. The monoisotopic (exact) mass is 397 g/mol. The zero-order valence-corrected chi connectivity index (χ0v) is 16.0. The summed E-state index contributed by atoms with van der Waals surface area (Å²) in [7, 11) is -3.64. The van der Waals surface area contributed by atoms with Crippen molar-refractivity contribution in [3.05, 3.63) is 42.0 Å². The van der Waals surface area contributed by atoms with Crippen LogP contribution < -0.4 is 10.9 Å². The molecule has 0 heterocycles. The minimum absolute atomic E-state index is 0.0781. The molecule has 27 heavy (non-hydrogen) atoms. The lowest BCUT2D eigenvalue weighted by molar-refractivity contribution is -0.131. The lowest BCUT2D eigenvalue weighted by Crippen LogP contribution is -2.40. The quantitative estimate of drug-likeness (QED) is 0.419. The van der Waals surface area contributed by atoms with Gasteiger partial charge >= 0.3 is 5.97 Å². The summed E-state index contributed by atoms with van der Waals surface area (Å²) in [5, 5.41) is 8.41. The first-order valence-corrected chi connectivity index (χ1v) is 9.77. The molecule has 3 N–H and O–H groups in total. The standard InChI is InChI=1S/C17H23N3O6S/c1-3-11-20(12-4-2)27(25,26)14-7-5-13(6-8-14)17(24)19-18-15(21)9-10-16(22)23/h5-10H,3-4,11-12H2,1-2H3,(H,18,21)(H,19,24)(H,22,23)/b10-9+. The molecule has 0 unspecified atom stereocenters. The molecule has 148 valence electrons. The van der Waals surface area contributed by atoms with Crippen molar-refractivity contribution < 1.29 is 27.9 Å². The van der Waals surface area contributed by atoms with Gasteiger partial charge in [-0.05, 0) is 37.1 Å². The summed E-state index contributed by atoms with van der Waals surface area (Å²) >= 11 is 0. The van der Waals surface area contributed by atoms with E-state index in [9.17, 15) is 22.8 Å². The van der Waals surface area contributed by atoms with Crippen molar-refractivity contribution in [1.29, 1.82) is 0 Å². The molecule has 2 amide bonds. The second-order valence-electron chi connectivity index (χ2n) is 5.54. The fraction of sp³-hybridized carbons (Fsp3) is 0.353. The molecular weight excluding hydrogens is 374 g/mol. The highest BCUT2D eigenvalue weighted by atomic mass is 32.2. The lowest BCUT2D eigenvalue weighted by Gasteiger charge is -2.21. The van der Waals surface area contributed by atoms with Gasteiger partial charge in [-0.15, -0.1) is 0 Å². The predicted molar refractivity (Wildman–Crippen MR) is 98.2 cm³/mol. The van der Waals surface area contributed by atoms with Crippen molar-refractivity contribution in [2.75, 3.05) is 13.1 Å². The maximum atomic E-state index is 12.6. The maximum absolute atomic E-state index is 12.6. The number of benzene rings is 1. The molecule has 0 aliphatic carbocycles. The van der Waals surface area contributed by atoms with Crippen LogP contribution in [0.25, 0.3) is 0 Å². The number of carbonyl (C=O) groups is 3. The van der Waals surface area contributed by atoms with Crippen LogP contribution >= 0.6 is 0 Å². The number of hydrazine groups is 1. The van der Waals surface area contributed by atoms with Crippen LogP contribution in [0.1, 0.15) is 37.0 Å². The zero-order chi connectivity index (χ0) is 20.4. The number of nitrogens with zero attached hydrogens (tertiary/aromatic N) is 1. The minimum atomic E-state index is -3.64. The summed E-state index contributed by atoms with van der Waals surface area (Å²) in [6, 6.07) is 5.32. The van der Waals surface area contributed by atoms with E-state index in [2.05, 4.69) is 5.43 Å². The number of hydrogen-bond acceptors (Lipinski definition) is 5. The SMILES string of the molecule is CCCN(CCC)S(=O)(=O)c1ccc(C(=O)NNC(=O)/C=C/C(=O)O)cc1. The Balaban J connectivity index is 2.81. The molecule has 0 saturated carbocycles. The fourth-order valence-electron chi connectivity index (χ4n) is 2.16. The molecule has 0 fully saturated rings. The zero-order valence-electron chi connectivity index (χ0n) is 15.1. The summed E-state index contributed by atoms with van der Waals surface area (Å²) in [4.78, 5) is 33.6. The van der Waals surface area contributed by atoms with Gasteiger partial charge in [0, 0.05) is 30.8 Å². The van der Waals surface area contributed by atoms with Crippen LogP contribution in [0.5, 0.6) is 0 Å². The van der Waals surface area contributed by atoms with Crippen LogP contribution in [0.4, 0.5) is 0 Å². The van der Waals surface area contributed by atoms with Crippen LogP contribution in [0.3, 0.4) is 0 Å². The van der Waals surface area contributed by atoms with Gasteiger partial charge in [0.15, 0.2) is 0 Å². The largest absolute Gasteiger partial charge is 0.478 e. The number of rotatable bonds is 9. The number of nitrogens with one attached hydrogen (secondary N) is 2. The van der Waals surface area contributed by atoms with Crippen molar-refractivity contribution >= 4 is 27.8 Å². The molecule has 0 bridgehead atoms. The van der Waals surface area contributed by atoms with Crippen molar-refractivity contribution in [3.63, 3.8) is 0 Å². The van der Waals surface area contributed by atoms with E-state index in [-0.39, 0.29) is 10.5 Å². The Morgan fingerprint density at radius 1 is 1.00 bits per heavy atom. The first-order valence-electron chi connectivity index (χ1n) is 8.33. The number of carbonyl (C=O) groups excluding carboxylic acids is 2. The number of hydrogen-bond donors (Lipinski definition) is 3. The molecule has 0 atom stereocenters. The number of carboxylic acid groups (broad SMARTS) is 1. The minimum Gasteiger partial charge on any atom is -0.478 e. The Labute approximate surface area is 158 Å². The summed E-state index contributed by atoms with van der Waals surface area (Å²) in [5.41, 5.74) is 4.25. The van der Waals surface area contributed by atoms with Gasteiger partial charge in [-0.2, -0.15) is 4.31 Å². The third kappa shape index (κ3) is 6.83. The van der Waals surface area contributed by atoms with E-state index in [1.165, 1.54) is 28.6 Å². The van der Waals surface area contributed by atoms with Gasteiger partial charge in [-0.1, -0.05) is 13.8 Å². The van der Waals surface area contributed by atoms with Crippen molar-refractivity contribution in [2.45, 2.75) is 31.6 Å². The fourth-order valence-corrected chi connectivity index (χ4v) is 3.78. The number of aliphatic carboxylic acids is 1. The number of sulfonamides is 1. The van der Waals surface area contributed by atoms with Crippen LogP contribution in [0, 0.1) is 0 Å². The third-order valence-corrected chi connectivity index (χ3v) is 5.29. The highest BCUT2D eigenvalue weighted by molar-refractivity contribution is 7.89. The topological polar surface area (TPSA) is 133 Å². The third-order valence-electron chi connectivity index (χ3n) is 3.38.